The Hall–Kier alpha value is -2.50. The van der Waals surface area contributed by atoms with E-state index in [-0.39, 0.29) is 29.6 Å². The van der Waals surface area contributed by atoms with E-state index in [0.29, 0.717) is 16.9 Å². The number of hydrogen-bond donors (Lipinski definition) is 4. The topological polar surface area (TPSA) is 102 Å². The molecule has 4 rings (SSSR count). The van der Waals surface area contributed by atoms with Crippen molar-refractivity contribution in [1.29, 1.82) is 0 Å². The predicted molar refractivity (Wildman–Crippen MR) is 127 cm³/mol. The highest BCUT2D eigenvalue weighted by molar-refractivity contribution is 6.04. The molecule has 4 N–H and O–H groups in total. The number of rotatable bonds is 8. The molecule has 2 fully saturated rings. The molecule has 0 bridgehead atoms. The minimum Gasteiger partial charge on any atom is -0.393 e. The molecule has 0 aromatic carbocycles. The summed E-state index contributed by atoms with van der Waals surface area (Å²) in [5.41, 5.74) is 0.633. The zero-order valence-electron chi connectivity index (χ0n) is 19.7. The molecule has 0 atom stereocenters. The third kappa shape index (κ3) is 7.49. The molecule has 1 saturated carbocycles. The van der Waals surface area contributed by atoms with Crippen molar-refractivity contribution in [3.8, 4) is 0 Å². The molecule has 1 aliphatic carbocycles. The first-order valence-corrected chi connectivity index (χ1v) is 12.3. The van der Waals surface area contributed by atoms with E-state index in [1.165, 1.54) is 12.3 Å². The molecule has 1 aliphatic heterocycles. The number of aliphatic hydroxyl groups is 1. The van der Waals surface area contributed by atoms with Gasteiger partial charge in [0.05, 0.1) is 11.6 Å². The molecule has 1 saturated heterocycles. The second-order valence-corrected chi connectivity index (χ2v) is 9.44. The molecule has 11 heteroatoms. The Morgan fingerprint density at radius 1 is 1.06 bits per heavy atom. The van der Waals surface area contributed by atoms with Crippen LogP contribution in [-0.4, -0.2) is 83.0 Å². The van der Waals surface area contributed by atoms with E-state index in [2.05, 4.69) is 30.8 Å². The van der Waals surface area contributed by atoms with Gasteiger partial charge in [-0.3, -0.25) is 9.78 Å². The van der Waals surface area contributed by atoms with Gasteiger partial charge in [-0.1, -0.05) is 0 Å². The summed E-state index contributed by atoms with van der Waals surface area (Å²) in [6, 6.07) is 5.12. The monoisotopic (exact) mass is 494 g/mol. The maximum Gasteiger partial charge on any atom is 0.405 e. The summed E-state index contributed by atoms with van der Waals surface area (Å²) in [4.78, 5) is 23.7. The van der Waals surface area contributed by atoms with Crippen molar-refractivity contribution < 1.29 is 23.1 Å². The van der Waals surface area contributed by atoms with E-state index in [1.807, 2.05) is 0 Å². The number of pyridine rings is 2. The molecule has 0 radical (unpaired) electrons. The quantitative estimate of drug-likeness (QED) is 0.448. The number of likely N-dealkylation sites (tertiary alicyclic amines) is 1. The number of carbonyl (C=O) groups is 1. The summed E-state index contributed by atoms with van der Waals surface area (Å²) in [5, 5.41) is 19.0. The fourth-order valence-corrected chi connectivity index (χ4v) is 4.79. The first kappa shape index (κ1) is 25.6. The first-order valence-electron chi connectivity index (χ1n) is 12.3. The van der Waals surface area contributed by atoms with E-state index in [9.17, 15) is 23.1 Å². The van der Waals surface area contributed by atoms with Gasteiger partial charge in [-0.25, -0.2) is 4.98 Å². The maximum atomic E-state index is 12.9. The number of hydrogen-bond acceptors (Lipinski definition) is 7. The molecule has 2 aromatic heterocycles. The smallest absolute Gasteiger partial charge is 0.393 e. The third-order valence-electron chi connectivity index (χ3n) is 6.78. The summed E-state index contributed by atoms with van der Waals surface area (Å²) in [7, 11) is 0. The van der Waals surface area contributed by atoms with E-state index in [4.69, 9.17) is 0 Å². The van der Waals surface area contributed by atoms with Gasteiger partial charge in [-0.15, -0.1) is 0 Å². The van der Waals surface area contributed by atoms with Crippen molar-refractivity contribution in [2.75, 3.05) is 38.0 Å². The molecule has 3 heterocycles. The maximum absolute atomic E-state index is 12.9. The van der Waals surface area contributed by atoms with Gasteiger partial charge in [-0.2, -0.15) is 13.2 Å². The minimum atomic E-state index is -4.34. The van der Waals surface area contributed by atoms with E-state index < -0.39 is 12.7 Å². The highest BCUT2D eigenvalue weighted by atomic mass is 19.4. The van der Waals surface area contributed by atoms with E-state index in [1.54, 1.807) is 12.1 Å². The van der Waals surface area contributed by atoms with Crippen LogP contribution in [0, 0.1) is 0 Å². The van der Waals surface area contributed by atoms with Crippen molar-refractivity contribution >= 4 is 22.6 Å². The number of nitrogens with one attached hydrogen (secondary N) is 3. The van der Waals surface area contributed by atoms with Crippen molar-refractivity contribution in [3.63, 3.8) is 0 Å². The molecule has 2 aromatic rings. The Morgan fingerprint density at radius 2 is 1.80 bits per heavy atom. The molecular formula is C24H33F3N6O2. The van der Waals surface area contributed by atoms with Crippen molar-refractivity contribution in [1.82, 2.24) is 25.5 Å². The summed E-state index contributed by atoms with van der Waals surface area (Å²) >= 11 is 0. The summed E-state index contributed by atoms with van der Waals surface area (Å²) < 4.78 is 37.4. The number of carbonyl (C=O) groups excluding carboxylic acids is 1. The first-order chi connectivity index (χ1) is 16.8. The van der Waals surface area contributed by atoms with Gasteiger partial charge in [0.15, 0.2) is 0 Å². The zero-order valence-corrected chi connectivity index (χ0v) is 19.7. The molecule has 192 valence electrons. The molecule has 0 unspecified atom stereocenters. The van der Waals surface area contributed by atoms with Crippen LogP contribution in [0.1, 0.15) is 49.0 Å². The summed E-state index contributed by atoms with van der Waals surface area (Å²) in [5.74, 6) is -0.205. The normalized spacial score (nSPS) is 22.3. The van der Waals surface area contributed by atoms with Crippen molar-refractivity contribution in [3.05, 3.63) is 30.1 Å². The van der Waals surface area contributed by atoms with Gasteiger partial charge in [0.2, 0.25) is 0 Å². The lowest BCUT2D eigenvalue weighted by Crippen LogP contribution is -2.47. The predicted octanol–water partition coefficient (Wildman–Crippen LogP) is 2.69. The van der Waals surface area contributed by atoms with Gasteiger partial charge in [0.25, 0.3) is 5.91 Å². The third-order valence-corrected chi connectivity index (χ3v) is 6.78. The number of halogens is 3. The highest BCUT2D eigenvalue weighted by Crippen LogP contribution is 2.21. The van der Waals surface area contributed by atoms with Crippen LogP contribution in [0.3, 0.4) is 0 Å². The van der Waals surface area contributed by atoms with Crippen LogP contribution in [0.25, 0.3) is 10.9 Å². The Bertz CT molecular complexity index is 989. The Labute approximate surface area is 202 Å². The number of aliphatic hydroxyl groups excluding tert-OH is 1. The van der Waals surface area contributed by atoms with Gasteiger partial charge in [-0.05, 0) is 56.7 Å². The summed E-state index contributed by atoms with van der Waals surface area (Å²) in [6.45, 7) is 2.50. The largest absolute Gasteiger partial charge is 0.405 e. The lowest BCUT2D eigenvalue weighted by molar-refractivity contribution is -0.115. The average Bonchev–Trinajstić information content (AvgIpc) is 2.84. The van der Waals surface area contributed by atoms with Crippen LogP contribution in [0.4, 0.5) is 19.0 Å². The summed E-state index contributed by atoms with van der Waals surface area (Å²) in [6.07, 6.45) is 2.45. The molecule has 2 aliphatic rings. The number of anilines is 1. The number of fused-ring (bicyclic) bond motifs is 1. The molecule has 8 nitrogen and oxygen atoms in total. The lowest BCUT2D eigenvalue weighted by atomic mass is 9.93. The van der Waals surface area contributed by atoms with Crippen molar-refractivity contribution in [2.24, 2.45) is 0 Å². The number of amides is 1. The second-order valence-electron chi connectivity index (χ2n) is 9.44. The minimum absolute atomic E-state index is 0.0456. The fourth-order valence-electron chi connectivity index (χ4n) is 4.79. The molecular weight excluding hydrogens is 461 g/mol. The Kier molecular flexibility index (Phi) is 8.40. The Balaban J connectivity index is 1.24. The number of nitrogens with zero attached hydrogens (tertiary/aromatic N) is 3. The average molecular weight is 495 g/mol. The molecule has 35 heavy (non-hydrogen) atoms. The Morgan fingerprint density at radius 3 is 2.51 bits per heavy atom. The van der Waals surface area contributed by atoms with E-state index >= 15 is 0 Å². The lowest BCUT2D eigenvalue weighted by Gasteiger charge is -2.33. The SMILES string of the molecule is O=C(NC1CCN(CCNC2CCC(O)CC2)CC1)c1nccc2nc(NCC(F)(F)F)ccc12. The van der Waals surface area contributed by atoms with Crippen molar-refractivity contribution in [2.45, 2.75) is 62.9 Å². The standard InChI is InChI=1S/C24H33F3N6O2/c25-24(26,27)15-30-21-6-5-19-20(32-21)7-10-29-22(19)23(35)31-17-8-12-33(13-9-17)14-11-28-16-1-3-18(34)4-2-16/h5-7,10,16-18,28,34H,1-4,8-9,11-15H2,(H,30,32)(H,31,35). The highest BCUT2D eigenvalue weighted by Gasteiger charge is 2.27. The van der Waals surface area contributed by atoms with Crippen LogP contribution >= 0.6 is 0 Å². The molecule has 1 amide bonds. The van der Waals surface area contributed by atoms with Crippen LogP contribution in [0.15, 0.2) is 24.4 Å². The molecule has 0 spiro atoms. The number of aromatic nitrogens is 2. The number of piperidine rings is 1. The van der Waals surface area contributed by atoms with Crippen LogP contribution in [0.2, 0.25) is 0 Å². The van der Waals surface area contributed by atoms with Crippen LogP contribution in [-0.2, 0) is 0 Å². The van der Waals surface area contributed by atoms with Crippen LogP contribution in [0.5, 0.6) is 0 Å². The van der Waals surface area contributed by atoms with Gasteiger partial charge < -0.3 is 26.0 Å². The van der Waals surface area contributed by atoms with Crippen LogP contribution < -0.4 is 16.0 Å². The zero-order chi connectivity index (χ0) is 24.8. The second kappa shape index (κ2) is 11.5. The van der Waals surface area contributed by atoms with Gasteiger partial charge in [0, 0.05) is 49.8 Å². The van der Waals surface area contributed by atoms with Gasteiger partial charge >= 0.3 is 6.18 Å². The fraction of sp³-hybridized carbons (Fsp3) is 0.625. The van der Waals surface area contributed by atoms with E-state index in [0.717, 1.165) is 64.7 Å². The van der Waals surface area contributed by atoms with Gasteiger partial charge in [0.1, 0.15) is 18.1 Å². The number of alkyl halides is 3.